The molecule has 280 valence electrons. The number of halogens is 2. The first-order valence-corrected chi connectivity index (χ1v) is 35.1. The van der Waals surface area contributed by atoms with E-state index in [-0.39, 0.29) is 0 Å². The predicted octanol–water partition coefficient (Wildman–Crippen LogP) is 16.8. The topological polar surface area (TPSA) is 9.86 Å². The van der Waals surface area contributed by atoms with Crippen molar-refractivity contribution < 1.29 is 15.6 Å². The number of unbranched alkanes of at least 4 members (excludes halogenated alkanes) is 22. The molecule has 49 heavy (non-hydrogen) atoms. The van der Waals surface area contributed by atoms with Crippen molar-refractivity contribution in [3.8, 4) is 0 Å². The Morgan fingerprint density at radius 1 is 0.408 bits per heavy atom. The second kappa shape index (κ2) is 31.4. The monoisotopic (exact) mass is 880 g/mol. The van der Waals surface area contributed by atoms with Crippen LogP contribution in [0.1, 0.15) is 201 Å². The van der Waals surface area contributed by atoms with Crippen LogP contribution in [-0.4, -0.2) is 9.13 Å². The second-order valence-corrected chi connectivity index (χ2v) is 43.1. The molecule has 0 aliphatic heterocycles. The Labute approximate surface area is 321 Å². The van der Waals surface area contributed by atoms with Crippen molar-refractivity contribution in [1.29, 1.82) is 0 Å². The van der Waals surface area contributed by atoms with Gasteiger partial charge in [-0.15, -0.1) is 0 Å². The van der Waals surface area contributed by atoms with Crippen LogP contribution in [0.2, 0.25) is 0 Å². The normalized spacial score (nSPS) is 13.6. The average molecular weight is 884 g/mol. The Morgan fingerprint density at radius 2 is 0.673 bits per heavy atom. The maximum absolute atomic E-state index is 4.52. The minimum atomic E-state index is -3.00. The molecule has 2 nitrogen and oxygen atoms in total. The zero-order valence-corrected chi connectivity index (χ0v) is 37.7. The zero-order chi connectivity index (χ0) is 35.1. The van der Waals surface area contributed by atoms with Crippen LogP contribution in [-0.2, 0) is 15.6 Å². The summed E-state index contributed by atoms with van der Waals surface area (Å²) >= 11 is 6.04. The molecule has 0 amide bonds. The fourth-order valence-corrected chi connectivity index (χ4v) is 25.0. The molecule has 0 bridgehead atoms. The van der Waals surface area contributed by atoms with Gasteiger partial charge in [-0.25, -0.2) is 0 Å². The molecular weight excluding hydrogens is 808 g/mol. The van der Waals surface area contributed by atoms with Gasteiger partial charge in [0.2, 0.25) is 0 Å². The van der Waals surface area contributed by atoms with Gasteiger partial charge in [-0.1, -0.05) is 78.1 Å². The van der Waals surface area contributed by atoms with Gasteiger partial charge in [0.15, 0.2) is 0 Å². The summed E-state index contributed by atoms with van der Waals surface area (Å²) in [6, 6.07) is 8.85. The van der Waals surface area contributed by atoms with Crippen LogP contribution in [0.15, 0.2) is 73.4 Å². The molecule has 0 saturated heterocycles. The Balaban J connectivity index is 1.70. The van der Waals surface area contributed by atoms with Crippen molar-refractivity contribution >= 4 is 24.4 Å². The molecule has 2 rings (SSSR count). The third-order valence-electron chi connectivity index (χ3n) is 10.3. The summed E-state index contributed by atoms with van der Waals surface area (Å²) in [5, 5.41) is 0. The van der Waals surface area contributed by atoms with Crippen molar-refractivity contribution in [2.45, 2.75) is 201 Å². The molecule has 5 heteroatoms. The molecule has 0 radical (unpaired) electrons. The zero-order valence-electron chi connectivity index (χ0n) is 32.0. The molecule has 0 aliphatic carbocycles. The van der Waals surface area contributed by atoms with E-state index in [9.17, 15) is 0 Å². The Kier molecular flexibility index (Phi) is 28.9. The molecule has 0 aromatic carbocycles. The summed E-state index contributed by atoms with van der Waals surface area (Å²) < 4.78 is 6.18. The molecule has 0 spiro atoms. The molecule has 2 atom stereocenters. The quantitative estimate of drug-likeness (QED) is 0.0490. The molecular formula is C44H76Br2N2Zr. The number of aromatic nitrogens is 2. The van der Waals surface area contributed by atoms with Crippen molar-refractivity contribution in [3.05, 3.63) is 73.4 Å². The predicted molar refractivity (Wildman–Crippen MR) is 224 cm³/mol. The maximum atomic E-state index is 4.52. The molecule has 2 heterocycles. The molecule has 0 fully saturated rings. The molecule has 2 aromatic rings. The van der Waals surface area contributed by atoms with Crippen LogP contribution >= 0.6 is 24.4 Å². The number of rotatable bonds is 34. The fraction of sp³-hybridized carbons (Fsp3) is 0.727. The summed E-state index contributed by atoms with van der Waals surface area (Å²) in [7, 11) is 0. The van der Waals surface area contributed by atoms with Gasteiger partial charge in [-0.05, 0) is 0 Å². The number of hydrogen-bond donors (Lipinski definition) is 0. The number of allylic oxidation sites excluding steroid dienone is 4. The van der Waals surface area contributed by atoms with E-state index in [2.05, 4.69) is 121 Å². The van der Waals surface area contributed by atoms with Gasteiger partial charge in [-0.3, -0.25) is 0 Å². The van der Waals surface area contributed by atoms with E-state index in [0.717, 1.165) is 0 Å². The van der Waals surface area contributed by atoms with Crippen molar-refractivity contribution in [2.75, 3.05) is 0 Å². The van der Waals surface area contributed by atoms with Gasteiger partial charge >= 0.3 is 246 Å². The van der Waals surface area contributed by atoms with Gasteiger partial charge in [0.25, 0.3) is 0 Å². The van der Waals surface area contributed by atoms with Crippen LogP contribution in [0.5, 0.6) is 0 Å². The summed E-state index contributed by atoms with van der Waals surface area (Å²) in [4.78, 5) is 0. The van der Waals surface area contributed by atoms with Crippen molar-refractivity contribution in [1.82, 2.24) is 9.13 Å². The van der Waals surface area contributed by atoms with E-state index >= 15 is 0 Å². The third-order valence-corrected chi connectivity index (χ3v) is 30.1. The minimum absolute atomic E-state index is 0.560. The fourth-order valence-electron chi connectivity index (χ4n) is 7.23. The first-order chi connectivity index (χ1) is 24.1. The molecule has 0 saturated carbocycles. The molecule has 2 aromatic heterocycles. The van der Waals surface area contributed by atoms with Crippen LogP contribution in [0.3, 0.4) is 0 Å². The van der Waals surface area contributed by atoms with E-state index in [0.29, 0.717) is 7.50 Å². The van der Waals surface area contributed by atoms with Crippen LogP contribution < -0.4 is 0 Å². The first kappa shape index (κ1) is 45.0. The van der Waals surface area contributed by atoms with Crippen molar-refractivity contribution in [3.63, 3.8) is 0 Å². The van der Waals surface area contributed by atoms with Gasteiger partial charge in [0.1, 0.15) is 0 Å². The van der Waals surface area contributed by atoms with Crippen LogP contribution in [0.4, 0.5) is 0 Å². The van der Waals surface area contributed by atoms with E-state index in [1.54, 1.807) is 0 Å². The third kappa shape index (κ3) is 21.9. The molecule has 0 N–H and O–H groups in total. The second-order valence-electron chi connectivity index (χ2n) is 14.7. The molecule has 2 unspecified atom stereocenters. The number of hydrogen-bond acceptors (Lipinski definition) is 0. The van der Waals surface area contributed by atoms with Gasteiger partial charge in [-0.2, -0.15) is 0 Å². The van der Waals surface area contributed by atoms with E-state index in [1.807, 2.05) is 0 Å². The first-order valence-electron chi connectivity index (χ1n) is 21.0. The van der Waals surface area contributed by atoms with E-state index < -0.39 is 15.6 Å². The van der Waals surface area contributed by atoms with Gasteiger partial charge in [0.05, 0.1) is 0 Å². The van der Waals surface area contributed by atoms with Gasteiger partial charge in [0, 0.05) is 0 Å². The summed E-state index contributed by atoms with van der Waals surface area (Å²) in [5.41, 5.74) is 0. The summed E-state index contributed by atoms with van der Waals surface area (Å²) in [6.45, 7) is 4.59. The standard InChI is InChI=1S/2C22H38N.2BrH.Zr/c2*1-2-3-4-5-6-7-8-9-10-11-12-13-14-15-16-17-20-23-21-18-19-22-23;;;/h2*9-10,18-22H,2-8,11-17H2,1H3;2*1H;/q;;;;+2/p-2/b2*10-9-;;;. The SMILES string of the molecule is CCCCCCCC/C=C\CCCCCCC[CH](n1cccc1)[Zr]([Br])([Br])[CH](CCCCCCC/C=C\CCCCCCCC)n1cccc1. The molecule has 0 aliphatic rings. The average Bonchev–Trinajstić information content (AvgIpc) is 3.83. The summed E-state index contributed by atoms with van der Waals surface area (Å²) in [6.07, 6.45) is 56.9. The Hall–Kier alpha value is -0.117. The van der Waals surface area contributed by atoms with Crippen molar-refractivity contribution in [2.24, 2.45) is 0 Å². The summed E-state index contributed by atoms with van der Waals surface area (Å²) in [5.74, 6) is 0. The number of nitrogens with zero attached hydrogens (tertiary/aromatic N) is 2. The van der Waals surface area contributed by atoms with Crippen LogP contribution in [0.25, 0.3) is 0 Å². The van der Waals surface area contributed by atoms with E-state index in [1.165, 1.54) is 180 Å². The Morgan fingerprint density at radius 3 is 0.980 bits per heavy atom. The Bertz CT molecular complexity index is 934. The van der Waals surface area contributed by atoms with E-state index in [4.69, 9.17) is 0 Å². The van der Waals surface area contributed by atoms with Gasteiger partial charge < -0.3 is 0 Å². The van der Waals surface area contributed by atoms with Crippen LogP contribution in [0, 0.1) is 0 Å².